The fourth-order valence-corrected chi connectivity index (χ4v) is 4.02. The first kappa shape index (κ1) is 18.5. The van der Waals surface area contributed by atoms with Gasteiger partial charge in [-0.25, -0.2) is 0 Å². The van der Waals surface area contributed by atoms with Gasteiger partial charge in [-0.1, -0.05) is 63.8 Å². The summed E-state index contributed by atoms with van der Waals surface area (Å²) in [6.45, 7) is 8.99. The first-order valence-electron chi connectivity index (χ1n) is 9.12. The summed E-state index contributed by atoms with van der Waals surface area (Å²) in [4.78, 5) is 11.9. The molecule has 1 aromatic carbocycles. The molecule has 3 unspecified atom stereocenters. The van der Waals surface area contributed by atoms with Gasteiger partial charge in [0.15, 0.2) is 0 Å². The number of allylic oxidation sites excluding steroid dienone is 1. The molecule has 3 atom stereocenters. The Bertz CT molecular complexity index is 571. The molecule has 0 aliphatic heterocycles. The number of hydrogen-bond acceptors (Lipinski definition) is 2. The molecule has 2 nitrogen and oxygen atoms in total. The quantitative estimate of drug-likeness (QED) is 0.393. The average Bonchev–Trinajstić information content (AvgIpc) is 2.54. The van der Waals surface area contributed by atoms with Gasteiger partial charge in [-0.05, 0) is 54.1 Å². The van der Waals surface area contributed by atoms with E-state index in [1.54, 1.807) is 0 Å². The molecule has 2 heteroatoms. The molecule has 24 heavy (non-hydrogen) atoms. The molecule has 0 saturated heterocycles. The van der Waals surface area contributed by atoms with E-state index in [0.29, 0.717) is 24.2 Å². The zero-order valence-corrected chi connectivity index (χ0v) is 15.4. The van der Waals surface area contributed by atoms with Gasteiger partial charge in [0.25, 0.3) is 0 Å². The number of esters is 1. The van der Waals surface area contributed by atoms with E-state index in [1.807, 2.05) is 37.3 Å². The Kier molecular flexibility index (Phi) is 6.87. The second-order valence-corrected chi connectivity index (χ2v) is 7.57. The molecule has 1 saturated carbocycles. The highest BCUT2D eigenvalue weighted by molar-refractivity contribution is 5.71. The highest BCUT2D eigenvalue weighted by Gasteiger charge is 2.29. The maximum atomic E-state index is 11.9. The molecule has 130 valence electrons. The van der Waals surface area contributed by atoms with E-state index < -0.39 is 0 Å². The van der Waals surface area contributed by atoms with E-state index in [9.17, 15) is 4.79 Å². The van der Waals surface area contributed by atoms with Crippen LogP contribution >= 0.6 is 0 Å². The fourth-order valence-electron chi connectivity index (χ4n) is 4.02. The molecule has 0 amide bonds. The van der Waals surface area contributed by atoms with Crippen LogP contribution in [0.25, 0.3) is 0 Å². The Balaban J connectivity index is 1.83. The van der Waals surface area contributed by atoms with Crippen LogP contribution in [0, 0.1) is 23.7 Å². The van der Waals surface area contributed by atoms with Crippen LogP contribution in [0.4, 0.5) is 0 Å². The fraction of sp³-hybridized carbons (Fsp3) is 0.545. The normalized spacial score (nSPS) is 27.7. The van der Waals surface area contributed by atoms with Crippen LogP contribution in [0.3, 0.4) is 0 Å². The van der Waals surface area contributed by atoms with Crippen molar-refractivity contribution >= 4 is 5.97 Å². The summed E-state index contributed by atoms with van der Waals surface area (Å²) in [7, 11) is 0. The summed E-state index contributed by atoms with van der Waals surface area (Å²) in [5.41, 5.74) is 4.24. The minimum Gasteiger partial charge on any atom is -0.426 e. The lowest BCUT2D eigenvalue weighted by atomic mass is 9.70. The molecule has 0 radical (unpaired) electrons. The Hall–Kier alpha value is -1.79. The van der Waals surface area contributed by atoms with Crippen molar-refractivity contribution in [2.45, 2.75) is 52.9 Å². The Morgan fingerprint density at radius 3 is 2.46 bits per heavy atom. The highest BCUT2D eigenvalue weighted by Crippen LogP contribution is 2.38. The molecule has 0 spiro atoms. The SMILES string of the molecule is CC1CC(C)C(C=C=COC(=O)CC(C)c2ccccc2)C(C)C1. The molecule has 0 aromatic heterocycles. The largest absolute Gasteiger partial charge is 0.426 e. The maximum absolute atomic E-state index is 11.9. The van der Waals surface area contributed by atoms with Crippen molar-refractivity contribution in [1.29, 1.82) is 0 Å². The Morgan fingerprint density at radius 2 is 1.83 bits per heavy atom. The van der Waals surface area contributed by atoms with Crippen molar-refractivity contribution in [2.24, 2.45) is 23.7 Å². The summed E-state index contributed by atoms with van der Waals surface area (Å²) in [6.07, 6.45) is 6.44. The van der Waals surface area contributed by atoms with Crippen LogP contribution in [0.1, 0.15) is 58.4 Å². The Morgan fingerprint density at radius 1 is 1.21 bits per heavy atom. The van der Waals surface area contributed by atoms with Gasteiger partial charge in [-0.3, -0.25) is 4.79 Å². The number of carbonyl (C=O) groups excluding carboxylic acids is 1. The molecular weight excluding hydrogens is 296 g/mol. The number of carbonyl (C=O) groups is 1. The van der Waals surface area contributed by atoms with Crippen molar-refractivity contribution in [3.63, 3.8) is 0 Å². The summed E-state index contributed by atoms with van der Waals surface area (Å²) in [5.74, 6) is 2.62. The third-order valence-electron chi connectivity index (χ3n) is 5.25. The van der Waals surface area contributed by atoms with Gasteiger partial charge in [-0.15, -0.1) is 0 Å². The molecule has 1 aliphatic carbocycles. The summed E-state index contributed by atoms with van der Waals surface area (Å²) < 4.78 is 5.21. The number of rotatable bonds is 5. The standard InChI is InChI=1S/C22H30O2/c1-16-13-18(3)21(19(4)14-16)11-8-12-24-22(23)15-17(2)20-9-6-5-7-10-20/h5-7,9-12,16-19,21H,13-15H2,1-4H3. The minimum absolute atomic E-state index is 0.163. The topological polar surface area (TPSA) is 26.3 Å². The van der Waals surface area contributed by atoms with E-state index in [0.717, 1.165) is 11.5 Å². The summed E-state index contributed by atoms with van der Waals surface area (Å²) in [6, 6.07) is 10.1. The second kappa shape index (κ2) is 8.89. The number of ether oxygens (including phenoxy) is 1. The molecule has 1 fully saturated rings. The predicted octanol–water partition coefficient (Wildman–Crippen LogP) is 5.71. The van der Waals surface area contributed by atoms with Crippen molar-refractivity contribution < 1.29 is 9.53 Å². The van der Waals surface area contributed by atoms with Gasteiger partial charge in [0.1, 0.15) is 6.26 Å². The van der Waals surface area contributed by atoms with Gasteiger partial charge in [-0.2, -0.15) is 0 Å². The lowest BCUT2D eigenvalue weighted by molar-refractivity contribution is -0.138. The van der Waals surface area contributed by atoms with Crippen LogP contribution in [-0.2, 0) is 9.53 Å². The third kappa shape index (κ3) is 5.39. The number of benzene rings is 1. The maximum Gasteiger partial charge on any atom is 0.311 e. The zero-order valence-electron chi connectivity index (χ0n) is 15.4. The van der Waals surface area contributed by atoms with Gasteiger partial charge in [0.2, 0.25) is 0 Å². The van der Waals surface area contributed by atoms with E-state index in [-0.39, 0.29) is 11.9 Å². The third-order valence-corrected chi connectivity index (χ3v) is 5.25. The van der Waals surface area contributed by atoms with Crippen molar-refractivity contribution in [3.05, 3.63) is 54.0 Å². The Labute approximate surface area is 146 Å². The minimum atomic E-state index is -0.203. The van der Waals surface area contributed by atoms with Crippen LogP contribution in [0.15, 0.2) is 48.4 Å². The first-order chi connectivity index (χ1) is 11.5. The smallest absolute Gasteiger partial charge is 0.311 e. The van der Waals surface area contributed by atoms with Crippen molar-refractivity contribution in [3.8, 4) is 0 Å². The molecule has 0 bridgehead atoms. The monoisotopic (exact) mass is 326 g/mol. The summed E-state index contributed by atoms with van der Waals surface area (Å²) in [5, 5.41) is 0. The highest BCUT2D eigenvalue weighted by atomic mass is 16.5. The van der Waals surface area contributed by atoms with Crippen molar-refractivity contribution in [1.82, 2.24) is 0 Å². The van der Waals surface area contributed by atoms with Crippen LogP contribution in [-0.4, -0.2) is 5.97 Å². The molecule has 1 aromatic rings. The summed E-state index contributed by atoms with van der Waals surface area (Å²) >= 11 is 0. The van der Waals surface area contributed by atoms with Crippen molar-refractivity contribution in [2.75, 3.05) is 0 Å². The van der Waals surface area contributed by atoms with Gasteiger partial charge >= 0.3 is 5.97 Å². The van der Waals surface area contributed by atoms with Crippen LogP contribution < -0.4 is 0 Å². The van der Waals surface area contributed by atoms with Crippen LogP contribution in [0.2, 0.25) is 0 Å². The predicted molar refractivity (Wildman–Crippen MR) is 98.4 cm³/mol. The van der Waals surface area contributed by atoms with E-state index in [4.69, 9.17) is 4.74 Å². The first-order valence-corrected chi connectivity index (χ1v) is 9.12. The lowest BCUT2D eigenvalue weighted by Crippen LogP contribution is -2.27. The van der Waals surface area contributed by atoms with Gasteiger partial charge in [0, 0.05) is 0 Å². The van der Waals surface area contributed by atoms with E-state index >= 15 is 0 Å². The average molecular weight is 326 g/mol. The zero-order chi connectivity index (χ0) is 17.5. The van der Waals surface area contributed by atoms with Gasteiger partial charge < -0.3 is 4.74 Å². The van der Waals surface area contributed by atoms with E-state index in [2.05, 4.69) is 32.6 Å². The molecule has 0 heterocycles. The molecule has 1 aliphatic rings. The molecule has 2 rings (SSSR count). The lowest BCUT2D eigenvalue weighted by Gasteiger charge is -2.35. The van der Waals surface area contributed by atoms with Gasteiger partial charge in [0.05, 0.1) is 6.42 Å². The van der Waals surface area contributed by atoms with E-state index in [1.165, 1.54) is 19.1 Å². The second-order valence-electron chi connectivity index (χ2n) is 7.57. The number of hydrogen-bond donors (Lipinski definition) is 0. The van der Waals surface area contributed by atoms with Crippen LogP contribution in [0.5, 0.6) is 0 Å². The molecule has 0 N–H and O–H groups in total. The molecular formula is C22H30O2.